The van der Waals surface area contributed by atoms with Crippen molar-refractivity contribution in [2.75, 3.05) is 19.0 Å². The molecule has 0 spiro atoms. The molecule has 0 aromatic carbocycles. The summed E-state index contributed by atoms with van der Waals surface area (Å²) in [5.74, 6) is 0.371. The fourth-order valence-electron chi connectivity index (χ4n) is 1.51. The summed E-state index contributed by atoms with van der Waals surface area (Å²) in [5.41, 5.74) is 1.30. The van der Waals surface area contributed by atoms with Crippen molar-refractivity contribution in [3.05, 3.63) is 11.3 Å². The van der Waals surface area contributed by atoms with Gasteiger partial charge in [-0.1, -0.05) is 13.8 Å². The molecule has 1 aromatic heterocycles. The third kappa shape index (κ3) is 4.00. The highest BCUT2D eigenvalue weighted by molar-refractivity contribution is 7.10. The molecule has 0 aliphatic carbocycles. The number of carbonyl (C=O) groups excluding carboxylic acids is 1. The van der Waals surface area contributed by atoms with Gasteiger partial charge in [-0.2, -0.15) is 4.37 Å². The summed E-state index contributed by atoms with van der Waals surface area (Å²) in [5, 5.41) is 3.74. The molecule has 1 rings (SSSR count). The first-order valence-electron chi connectivity index (χ1n) is 5.87. The molecular weight excluding hydrogens is 236 g/mol. The van der Waals surface area contributed by atoms with Gasteiger partial charge in [0.15, 0.2) is 0 Å². The van der Waals surface area contributed by atoms with Gasteiger partial charge in [0.05, 0.1) is 12.3 Å². The van der Waals surface area contributed by atoms with Crippen LogP contribution in [0.2, 0.25) is 0 Å². The molecule has 0 amide bonds. The Bertz CT molecular complexity index is 375. The molecule has 0 aliphatic heterocycles. The van der Waals surface area contributed by atoms with Gasteiger partial charge in [-0.15, -0.1) is 0 Å². The monoisotopic (exact) mass is 256 g/mol. The Kier molecular flexibility index (Phi) is 5.41. The number of ether oxygens (including phenoxy) is 1. The van der Waals surface area contributed by atoms with E-state index < -0.39 is 0 Å². The number of hydrogen-bond acceptors (Lipinski definition) is 5. The molecule has 0 unspecified atom stereocenters. The maximum Gasteiger partial charge on any atom is 0.343 e. The molecule has 5 heteroatoms. The highest BCUT2D eigenvalue weighted by Gasteiger charge is 2.18. The number of carbonyl (C=O) groups is 1. The zero-order valence-electron chi connectivity index (χ0n) is 10.9. The van der Waals surface area contributed by atoms with E-state index in [0.717, 1.165) is 23.5 Å². The van der Waals surface area contributed by atoms with Crippen LogP contribution in [0.4, 0.5) is 5.00 Å². The van der Waals surface area contributed by atoms with Crippen molar-refractivity contribution in [3.63, 3.8) is 0 Å². The molecule has 1 heterocycles. The molecule has 1 aromatic rings. The molecule has 1 N–H and O–H groups in total. The van der Waals surface area contributed by atoms with Crippen molar-refractivity contribution in [2.24, 2.45) is 5.92 Å². The Morgan fingerprint density at radius 3 is 2.82 bits per heavy atom. The van der Waals surface area contributed by atoms with Gasteiger partial charge in [-0.05, 0) is 37.2 Å². The molecule has 0 atom stereocenters. The summed E-state index contributed by atoms with van der Waals surface area (Å²) >= 11 is 1.29. The minimum Gasteiger partial charge on any atom is -0.462 e. The summed E-state index contributed by atoms with van der Waals surface area (Å²) in [6.07, 6.45) is 1.99. The molecule has 17 heavy (non-hydrogen) atoms. The zero-order chi connectivity index (χ0) is 12.8. The summed E-state index contributed by atoms with van der Waals surface area (Å²) in [6.45, 7) is 6.62. The second-order valence-corrected chi connectivity index (χ2v) is 5.17. The van der Waals surface area contributed by atoms with Gasteiger partial charge in [-0.25, -0.2) is 4.79 Å². The Morgan fingerprint density at radius 2 is 2.24 bits per heavy atom. The summed E-state index contributed by atoms with van der Waals surface area (Å²) in [6, 6.07) is 0. The molecule has 0 bridgehead atoms. The highest BCUT2D eigenvalue weighted by Crippen LogP contribution is 2.24. The zero-order valence-corrected chi connectivity index (χ0v) is 11.7. The first kappa shape index (κ1) is 14.0. The third-order valence-corrected chi connectivity index (χ3v) is 3.41. The molecule has 0 fully saturated rings. The van der Waals surface area contributed by atoms with Crippen LogP contribution >= 0.6 is 11.5 Å². The standard InChI is InChI=1S/C12H20N2O2S/c1-8(2)6-5-7-16-12(15)10-9(3)14-17-11(10)13-4/h8,13H,5-7H2,1-4H3. The van der Waals surface area contributed by atoms with Gasteiger partial charge in [0, 0.05) is 7.05 Å². The highest BCUT2D eigenvalue weighted by atomic mass is 32.1. The first-order valence-corrected chi connectivity index (χ1v) is 6.64. The van der Waals surface area contributed by atoms with Crippen LogP contribution in [0.25, 0.3) is 0 Å². The lowest BCUT2D eigenvalue weighted by Crippen LogP contribution is -2.09. The lowest BCUT2D eigenvalue weighted by atomic mass is 10.1. The number of aryl methyl sites for hydroxylation is 1. The molecule has 0 aliphatic rings. The van der Waals surface area contributed by atoms with Crippen LogP contribution in [0.1, 0.15) is 42.7 Å². The number of rotatable bonds is 6. The van der Waals surface area contributed by atoms with E-state index in [1.165, 1.54) is 11.5 Å². The van der Waals surface area contributed by atoms with Crippen molar-refractivity contribution in [2.45, 2.75) is 33.6 Å². The average molecular weight is 256 g/mol. The van der Waals surface area contributed by atoms with Crippen LogP contribution < -0.4 is 5.32 Å². The van der Waals surface area contributed by atoms with E-state index in [9.17, 15) is 4.79 Å². The summed E-state index contributed by atoms with van der Waals surface area (Å²) in [7, 11) is 1.78. The van der Waals surface area contributed by atoms with E-state index in [-0.39, 0.29) is 5.97 Å². The summed E-state index contributed by atoms with van der Waals surface area (Å²) < 4.78 is 9.39. The van der Waals surface area contributed by atoms with Gasteiger partial charge in [0.2, 0.25) is 0 Å². The lowest BCUT2D eigenvalue weighted by molar-refractivity contribution is 0.0495. The number of hydrogen-bond donors (Lipinski definition) is 1. The number of anilines is 1. The molecule has 0 saturated heterocycles. The average Bonchev–Trinajstić information content (AvgIpc) is 2.65. The lowest BCUT2D eigenvalue weighted by Gasteiger charge is -2.07. The van der Waals surface area contributed by atoms with Gasteiger partial charge in [0.1, 0.15) is 10.6 Å². The van der Waals surface area contributed by atoms with E-state index in [4.69, 9.17) is 4.74 Å². The minimum absolute atomic E-state index is 0.274. The number of esters is 1. The Balaban J connectivity index is 2.49. The van der Waals surface area contributed by atoms with Crippen LogP contribution in [0, 0.1) is 12.8 Å². The van der Waals surface area contributed by atoms with Gasteiger partial charge in [0.25, 0.3) is 0 Å². The summed E-state index contributed by atoms with van der Waals surface area (Å²) in [4.78, 5) is 11.9. The maximum atomic E-state index is 11.9. The van der Waals surface area contributed by atoms with Crippen LogP contribution in [-0.4, -0.2) is 24.0 Å². The Morgan fingerprint density at radius 1 is 1.53 bits per heavy atom. The van der Waals surface area contributed by atoms with E-state index in [2.05, 4.69) is 23.5 Å². The molecule has 4 nitrogen and oxygen atoms in total. The van der Waals surface area contributed by atoms with Crippen molar-refractivity contribution in [1.82, 2.24) is 4.37 Å². The van der Waals surface area contributed by atoms with Crippen LogP contribution in [0.5, 0.6) is 0 Å². The normalized spacial score (nSPS) is 10.6. The van der Waals surface area contributed by atoms with Gasteiger partial charge < -0.3 is 10.1 Å². The van der Waals surface area contributed by atoms with Crippen LogP contribution in [0.15, 0.2) is 0 Å². The van der Waals surface area contributed by atoms with Crippen molar-refractivity contribution in [1.29, 1.82) is 0 Å². The van der Waals surface area contributed by atoms with Crippen LogP contribution in [-0.2, 0) is 4.74 Å². The van der Waals surface area contributed by atoms with E-state index in [1.807, 2.05) is 6.92 Å². The predicted molar refractivity (Wildman–Crippen MR) is 70.8 cm³/mol. The van der Waals surface area contributed by atoms with Crippen molar-refractivity contribution >= 4 is 22.5 Å². The van der Waals surface area contributed by atoms with Crippen molar-refractivity contribution in [3.8, 4) is 0 Å². The van der Waals surface area contributed by atoms with Crippen molar-refractivity contribution < 1.29 is 9.53 Å². The second-order valence-electron chi connectivity index (χ2n) is 4.39. The Hall–Kier alpha value is -1.10. The fourth-order valence-corrected chi connectivity index (χ4v) is 2.24. The van der Waals surface area contributed by atoms with Gasteiger partial charge in [-0.3, -0.25) is 0 Å². The van der Waals surface area contributed by atoms with E-state index in [1.54, 1.807) is 7.05 Å². The molecule has 96 valence electrons. The second kappa shape index (κ2) is 6.59. The van der Waals surface area contributed by atoms with Gasteiger partial charge >= 0.3 is 5.97 Å². The predicted octanol–water partition coefficient (Wildman–Crippen LogP) is 3.09. The topological polar surface area (TPSA) is 51.2 Å². The number of nitrogens with one attached hydrogen (secondary N) is 1. The molecule has 0 radical (unpaired) electrons. The SMILES string of the molecule is CNc1snc(C)c1C(=O)OCCCC(C)C. The van der Waals surface area contributed by atoms with E-state index in [0.29, 0.717) is 18.1 Å². The molecular formula is C12H20N2O2S. The first-order chi connectivity index (χ1) is 8.06. The van der Waals surface area contributed by atoms with Crippen LogP contribution in [0.3, 0.4) is 0 Å². The Labute approximate surface area is 107 Å². The quantitative estimate of drug-likeness (QED) is 0.627. The largest absolute Gasteiger partial charge is 0.462 e. The number of aromatic nitrogens is 1. The third-order valence-electron chi connectivity index (χ3n) is 2.45. The fraction of sp³-hybridized carbons (Fsp3) is 0.667. The smallest absolute Gasteiger partial charge is 0.343 e. The van der Waals surface area contributed by atoms with E-state index >= 15 is 0 Å². The minimum atomic E-state index is -0.274. The molecule has 0 saturated carbocycles. The maximum absolute atomic E-state index is 11.9. The number of nitrogens with zero attached hydrogens (tertiary/aromatic N) is 1.